The van der Waals surface area contributed by atoms with E-state index in [9.17, 15) is 4.79 Å². The predicted octanol–water partition coefficient (Wildman–Crippen LogP) is 2.78. The molecule has 2 heterocycles. The fourth-order valence-corrected chi connectivity index (χ4v) is 4.12. The number of alkyl halides is 1. The van der Waals surface area contributed by atoms with Crippen LogP contribution in [0.2, 0.25) is 0 Å². The Morgan fingerprint density at radius 2 is 2.50 bits per heavy atom. The summed E-state index contributed by atoms with van der Waals surface area (Å²) in [4.78, 5) is 18.5. The molecule has 0 N–H and O–H groups in total. The van der Waals surface area contributed by atoms with Crippen LogP contribution in [0.25, 0.3) is 0 Å². The number of rotatable bonds is 4. The van der Waals surface area contributed by atoms with Gasteiger partial charge in [0.05, 0.1) is 18.0 Å². The van der Waals surface area contributed by atoms with Gasteiger partial charge in [-0.3, -0.25) is 4.79 Å². The van der Waals surface area contributed by atoms with Crippen LogP contribution in [0.1, 0.15) is 24.0 Å². The number of amides is 1. The fraction of sp³-hybridized carbons (Fsp3) is 0.667. The third kappa shape index (κ3) is 3.62. The summed E-state index contributed by atoms with van der Waals surface area (Å²) in [6, 6.07) is 0. The monoisotopic (exact) mass is 304 g/mol. The SMILES string of the molecule is CCC1CN(C(=O)Cc2nc(CCl)cs2)CCS1. The van der Waals surface area contributed by atoms with E-state index < -0.39 is 0 Å². The van der Waals surface area contributed by atoms with E-state index >= 15 is 0 Å². The van der Waals surface area contributed by atoms with E-state index in [0.717, 1.165) is 36.0 Å². The van der Waals surface area contributed by atoms with Crippen molar-refractivity contribution in [1.29, 1.82) is 0 Å². The number of hydrogen-bond acceptors (Lipinski definition) is 4. The van der Waals surface area contributed by atoms with Crippen molar-refractivity contribution in [3.63, 3.8) is 0 Å². The summed E-state index contributed by atoms with van der Waals surface area (Å²) in [5.74, 6) is 1.67. The first-order valence-electron chi connectivity index (χ1n) is 6.11. The van der Waals surface area contributed by atoms with Crippen molar-refractivity contribution in [2.24, 2.45) is 0 Å². The van der Waals surface area contributed by atoms with Crippen LogP contribution >= 0.6 is 34.7 Å². The predicted molar refractivity (Wildman–Crippen MR) is 78.5 cm³/mol. The molecule has 0 aliphatic carbocycles. The quantitative estimate of drug-likeness (QED) is 0.802. The zero-order valence-electron chi connectivity index (χ0n) is 10.4. The molecule has 2 rings (SSSR count). The van der Waals surface area contributed by atoms with E-state index in [1.165, 1.54) is 11.3 Å². The number of thioether (sulfide) groups is 1. The van der Waals surface area contributed by atoms with Gasteiger partial charge in [-0.2, -0.15) is 11.8 Å². The van der Waals surface area contributed by atoms with Crippen molar-refractivity contribution >= 4 is 40.6 Å². The molecule has 0 spiro atoms. The normalized spacial score (nSPS) is 20.1. The van der Waals surface area contributed by atoms with Gasteiger partial charge in [0.25, 0.3) is 0 Å². The van der Waals surface area contributed by atoms with Crippen LogP contribution in [0.5, 0.6) is 0 Å². The van der Waals surface area contributed by atoms with E-state index in [2.05, 4.69) is 11.9 Å². The number of nitrogens with zero attached hydrogens (tertiary/aromatic N) is 2. The molecular formula is C12H17ClN2OS2. The number of thiazole rings is 1. The van der Waals surface area contributed by atoms with Crippen LogP contribution in [0.4, 0.5) is 0 Å². The van der Waals surface area contributed by atoms with E-state index in [1.54, 1.807) is 0 Å². The zero-order valence-corrected chi connectivity index (χ0v) is 12.8. The Labute approximate surface area is 121 Å². The molecule has 0 aromatic carbocycles. The van der Waals surface area contributed by atoms with Gasteiger partial charge in [-0.25, -0.2) is 4.98 Å². The second-order valence-electron chi connectivity index (χ2n) is 4.28. The smallest absolute Gasteiger partial charge is 0.229 e. The summed E-state index contributed by atoms with van der Waals surface area (Å²) in [5.41, 5.74) is 0.866. The summed E-state index contributed by atoms with van der Waals surface area (Å²) in [6.45, 7) is 3.93. The summed E-state index contributed by atoms with van der Waals surface area (Å²) in [5, 5.41) is 3.40. The lowest BCUT2D eigenvalue weighted by atomic mass is 10.2. The topological polar surface area (TPSA) is 33.2 Å². The maximum absolute atomic E-state index is 12.2. The van der Waals surface area contributed by atoms with E-state index in [0.29, 0.717) is 17.6 Å². The molecule has 6 heteroatoms. The lowest BCUT2D eigenvalue weighted by Crippen LogP contribution is -2.42. The summed E-state index contributed by atoms with van der Waals surface area (Å²) < 4.78 is 0. The Hall–Kier alpha value is -0.260. The third-order valence-corrected chi connectivity index (χ3v) is 5.53. The summed E-state index contributed by atoms with van der Waals surface area (Å²) >= 11 is 9.21. The maximum atomic E-state index is 12.2. The Bertz CT molecular complexity index is 411. The molecule has 1 aliphatic heterocycles. The molecule has 1 aromatic rings. The largest absolute Gasteiger partial charge is 0.340 e. The van der Waals surface area contributed by atoms with Gasteiger partial charge < -0.3 is 4.90 Å². The highest BCUT2D eigenvalue weighted by molar-refractivity contribution is 8.00. The Morgan fingerprint density at radius 1 is 1.67 bits per heavy atom. The number of aromatic nitrogens is 1. The average molecular weight is 305 g/mol. The third-order valence-electron chi connectivity index (χ3n) is 2.99. The molecule has 3 nitrogen and oxygen atoms in total. The Kier molecular flexibility index (Phi) is 5.33. The molecule has 1 saturated heterocycles. The second kappa shape index (κ2) is 6.78. The van der Waals surface area contributed by atoms with Crippen LogP contribution in [0.15, 0.2) is 5.38 Å². The molecule has 18 heavy (non-hydrogen) atoms. The molecule has 1 aromatic heterocycles. The van der Waals surface area contributed by atoms with Crippen molar-refractivity contribution in [2.75, 3.05) is 18.8 Å². The van der Waals surface area contributed by atoms with E-state index in [4.69, 9.17) is 11.6 Å². The van der Waals surface area contributed by atoms with E-state index in [-0.39, 0.29) is 5.91 Å². The average Bonchev–Trinajstić information content (AvgIpc) is 2.86. The van der Waals surface area contributed by atoms with Crippen LogP contribution < -0.4 is 0 Å². The first kappa shape index (κ1) is 14.2. The molecule has 1 aliphatic rings. The Morgan fingerprint density at radius 3 is 3.17 bits per heavy atom. The molecule has 1 fully saturated rings. The second-order valence-corrected chi connectivity index (χ2v) is 6.90. The van der Waals surface area contributed by atoms with Crippen LogP contribution in [0, 0.1) is 0 Å². The first-order chi connectivity index (χ1) is 8.72. The van der Waals surface area contributed by atoms with Crippen molar-refractivity contribution in [1.82, 2.24) is 9.88 Å². The minimum absolute atomic E-state index is 0.198. The maximum Gasteiger partial charge on any atom is 0.229 e. The summed E-state index contributed by atoms with van der Waals surface area (Å²) in [7, 11) is 0. The molecule has 100 valence electrons. The molecule has 1 amide bonds. The van der Waals surface area contributed by atoms with Crippen molar-refractivity contribution in [3.05, 3.63) is 16.1 Å². The highest BCUT2D eigenvalue weighted by Crippen LogP contribution is 2.22. The van der Waals surface area contributed by atoms with Gasteiger partial charge in [0.2, 0.25) is 5.91 Å². The van der Waals surface area contributed by atoms with Gasteiger partial charge in [0.1, 0.15) is 5.01 Å². The highest BCUT2D eigenvalue weighted by atomic mass is 35.5. The van der Waals surface area contributed by atoms with E-state index in [1.807, 2.05) is 22.0 Å². The first-order valence-corrected chi connectivity index (χ1v) is 8.57. The number of carbonyl (C=O) groups is 1. The van der Waals surface area contributed by atoms with Gasteiger partial charge in [-0.1, -0.05) is 6.92 Å². The highest BCUT2D eigenvalue weighted by Gasteiger charge is 2.23. The van der Waals surface area contributed by atoms with Crippen LogP contribution in [-0.2, 0) is 17.1 Å². The van der Waals surface area contributed by atoms with Gasteiger partial charge in [0, 0.05) is 29.5 Å². The number of carbonyl (C=O) groups excluding carboxylic acids is 1. The molecule has 1 atom stereocenters. The minimum atomic E-state index is 0.198. The van der Waals surface area contributed by atoms with Crippen molar-refractivity contribution < 1.29 is 4.79 Å². The zero-order chi connectivity index (χ0) is 13.0. The summed E-state index contributed by atoms with van der Waals surface area (Å²) in [6.07, 6.45) is 1.55. The number of hydrogen-bond donors (Lipinski definition) is 0. The molecule has 1 unspecified atom stereocenters. The van der Waals surface area contributed by atoms with Crippen molar-refractivity contribution in [3.8, 4) is 0 Å². The fourth-order valence-electron chi connectivity index (χ4n) is 1.93. The molecular weight excluding hydrogens is 288 g/mol. The van der Waals surface area contributed by atoms with Gasteiger partial charge >= 0.3 is 0 Å². The van der Waals surface area contributed by atoms with Crippen LogP contribution in [0.3, 0.4) is 0 Å². The number of halogens is 1. The lowest BCUT2D eigenvalue weighted by molar-refractivity contribution is -0.130. The van der Waals surface area contributed by atoms with Gasteiger partial charge in [-0.05, 0) is 6.42 Å². The molecule has 0 saturated carbocycles. The minimum Gasteiger partial charge on any atom is -0.340 e. The van der Waals surface area contributed by atoms with Gasteiger partial charge in [-0.15, -0.1) is 22.9 Å². The lowest BCUT2D eigenvalue weighted by Gasteiger charge is -2.31. The van der Waals surface area contributed by atoms with Crippen LogP contribution in [-0.4, -0.2) is 39.9 Å². The standard InChI is InChI=1S/C12H17ClN2OS2/c1-2-10-7-15(3-4-17-10)12(16)5-11-14-9(6-13)8-18-11/h8,10H,2-7H2,1H3. The molecule has 0 bridgehead atoms. The molecule has 0 radical (unpaired) electrons. The van der Waals surface area contributed by atoms with Crippen molar-refractivity contribution in [2.45, 2.75) is 30.9 Å². The Balaban J connectivity index is 1.90. The van der Waals surface area contributed by atoms with Gasteiger partial charge in [0.15, 0.2) is 0 Å².